The van der Waals surface area contributed by atoms with Gasteiger partial charge in [0.15, 0.2) is 0 Å². The van der Waals surface area contributed by atoms with Gasteiger partial charge in [0.1, 0.15) is 0 Å². The third kappa shape index (κ3) is 3.59. The van der Waals surface area contributed by atoms with E-state index in [-0.39, 0.29) is 6.04 Å². The van der Waals surface area contributed by atoms with Crippen molar-refractivity contribution in [3.05, 3.63) is 18.0 Å². The number of H-pyrrole nitrogens is 1. The van der Waals surface area contributed by atoms with Crippen LogP contribution in [0, 0.1) is 0 Å². The Morgan fingerprint density at radius 1 is 1.46 bits per heavy atom. The maximum absolute atomic E-state index is 5.95. The molecule has 0 fully saturated rings. The molecule has 13 heavy (non-hydrogen) atoms. The van der Waals surface area contributed by atoms with Gasteiger partial charge in [-0.25, -0.2) is 0 Å². The Morgan fingerprint density at radius 3 is 2.92 bits per heavy atom. The van der Waals surface area contributed by atoms with Crippen LogP contribution < -0.4 is 5.73 Å². The fraction of sp³-hybridized carbons (Fsp3) is 0.700. The van der Waals surface area contributed by atoms with Gasteiger partial charge in [-0.05, 0) is 12.5 Å². The van der Waals surface area contributed by atoms with Crippen LogP contribution in [0.2, 0.25) is 0 Å². The second kappa shape index (κ2) is 5.75. The zero-order valence-electron chi connectivity index (χ0n) is 8.29. The lowest BCUT2D eigenvalue weighted by molar-refractivity contribution is 0.556. The van der Waals surface area contributed by atoms with Gasteiger partial charge >= 0.3 is 0 Å². The summed E-state index contributed by atoms with van der Waals surface area (Å²) in [6.45, 7) is 2.22. The topological polar surface area (TPSA) is 54.7 Å². The van der Waals surface area contributed by atoms with Crippen LogP contribution in [-0.4, -0.2) is 10.2 Å². The molecule has 0 aliphatic rings. The highest BCUT2D eigenvalue weighted by atomic mass is 15.1. The maximum atomic E-state index is 5.95. The van der Waals surface area contributed by atoms with E-state index < -0.39 is 0 Å². The van der Waals surface area contributed by atoms with E-state index >= 15 is 0 Å². The molecule has 1 aromatic heterocycles. The predicted molar refractivity (Wildman–Crippen MR) is 54.3 cm³/mol. The Bertz CT molecular complexity index is 206. The summed E-state index contributed by atoms with van der Waals surface area (Å²) in [6, 6.07) is 2.09. The molecule has 1 rings (SSSR count). The first-order chi connectivity index (χ1) is 6.34. The van der Waals surface area contributed by atoms with Gasteiger partial charge in [0.25, 0.3) is 0 Å². The van der Waals surface area contributed by atoms with Crippen LogP contribution in [0.3, 0.4) is 0 Å². The first-order valence-electron chi connectivity index (χ1n) is 5.09. The zero-order valence-corrected chi connectivity index (χ0v) is 8.29. The third-order valence-electron chi connectivity index (χ3n) is 2.29. The number of hydrogen-bond acceptors (Lipinski definition) is 2. The van der Waals surface area contributed by atoms with Crippen molar-refractivity contribution in [2.45, 2.75) is 45.1 Å². The normalized spacial score (nSPS) is 13.1. The molecule has 0 saturated carbocycles. The van der Waals surface area contributed by atoms with Crippen molar-refractivity contribution in [2.75, 3.05) is 0 Å². The Hall–Kier alpha value is -0.830. The van der Waals surface area contributed by atoms with Gasteiger partial charge in [-0.3, -0.25) is 5.10 Å². The number of nitrogens with one attached hydrogen (secondary N) is 1. The van der Waals surface area contributed by atoms with Gasteiger partial charge in [-0.1, -0.05) is 32.6 Å². The number of nitrogens with zero attached hydrogens (tertiary/aromatic N) is 1. The number of unbranched alkanes of at least 4 members (excludes halogenated alkanes) is 3. The molecule has 74 valence electrons. The van der Waals surface area contributed by atoms with Gasteiger partial charge in [-0.2, -0.15) is 5.10 Å². The third-order valence-corrected chi connectivity index (χ3v) is 2.29. The molecule has 1 aromatic rings. The summed E-state index contributed by atoms with van der Waals surface area (Å²) < 4.78 is 0. The molecule has 0 spiro atoms. The number of hydrogen-bond donors (Lipinski definition) is 2. The number of nitrogens with two attached hydrogens (primary N) is 1. The van der Waals surface area contributed by atoms with E-state index in [2.05, 4.69) is 17.1 Å². The van der Waals surface area contributed by atoms with E-state index in [1.54, 1.807) is 6.20 Å². The van der Waals surface area contributed by atoms with E-state index in [1.165, 1.54) is 25.7 Å². The highest BCUT2D eigenvalue weighted by Crippen LogP contribution is 2.14. The highest BCUT2D eigenvalue weighted by molar-refractivity contribution is 5.02. The standard InChI is InChI=1S/C10H19N3/c1-2-3-4-5-6-9(11)10-7-8-12-13-10/h7-9H,2-6,11H2,1H3,(H,12,13). The minimum atomic E-state index is 0.138. The SMILES string of the molecule is CCCCCCC(N)c1ccn[nH]1. The van der Waals surface area contributed by atoms with Gasteiger partial charge < -0.3 is 5.73 Å². The van der Waals surface area contributed by atoms with Crippen LogP contribution in [0.25, 0.3) is 0 Å². The van der Waals surface area contributed by atoms with Crippen LogP contribution in [0.15, 0.2) is 12.3 Å². The fourth-order valence-electron chi connectivity index (χ4n) is 1.42. The van der Waals surface area contributed by atoms with Crippen LogP contribution in [0.5, 0.6) is 0 Å². The molecule has 3 heteroatoms. The Morgan fingerprint density at radius 2 is 2.31 bits per heavy atom. The molecular formula is C10H19N3. The maximum Gasteiger partial charge on any atom is 0.0519 e. The molecule has 1 heterocycles. The minimum absolute atomic E-state index is 0.138. The van der Waals surface area contributed by atoms with Crippen LogP contribution in [0.4, 0.5) is 0 Å². The van der Waals surface area contributed by atoms with E-state index in [9.17, 15) is 0 Å². The molecule has 0 aliphatic heterocycles. The van der Waals surface area contributed by atoms with Gasteiger partial charge in [0.2, 0.25) is 0 Å². The first-order valence-corrected chi connectivity index (χ1v) is 5.09. The minimum Gasteiger partial charge on any atom is -0.323 e. The molecule has 1 unspecified atom stereocenters. The number of aromatic amines is 1. The van der Waals surface area contributed by atoms with E-state index in [0.717, 1.165) is 12.1 Å². The van der Waals surface area contributed by atoms with E-state index in [0.29, 0.717) is 0 Å². The molecule has 0 aliphatic carbocycles. The zero-order chi connectivity index (χ0) is 9.52. The van der Waals surface area contributed by atoms with Crippen molar-refractivity contribution in [3.63, 3.8) is 0 Å². The summed E-state index contributed by atoms with van der Waals surface area (Å²) >= 11 is 0. The molecule has 0 amide bonds. The Balaban J connectivity index is 2.15. The summed E-state index contributed by atoms with van der Waals surface area (Å²) in [5.74, 6) is 0. The lowest BCUT2D eigenvalue weighted by atomic mass is 10.1. The summed E-state index contributed by atoms with van der Waals surface area (Å²) in [4.78, 5) is 0. The number of rotatable bonds is 6. The largest absolute Gasteiger partial charge is 0.323 e. The van der Waals surface area contributed by atoms with Crippen molar-refractivity contribution in [1.29, 1.82) is 0 Å². The van der Waals surface area contributed by atoms with Gasteiger partial charge in [-0.15, -0.1) is 0 Å². The number of aromatic nitrogens is 2. The average Bonchev–Trinajstić information content (AvgIpc) is 2.65. The molecule has 3 N–H and O–H groups in total. The summed E-state index contributed by atoms with van der Waals surface area (Å²) in [5, 5.41) is 6.79. The average molecular weight is 181 g/mol. The highest BCUT2D eigenvalue weighted by Gasteiger charge is 2.05. The van der Waals surface area contributed by atoms with Crippen molar-refractivity contribution >= 4 is 0 Å². The lowest BCUT2D eigenvalue weighted by Crippen LogP contribution is -2.10. The van der Waals surface area contributed by atoms with Crippen molar-refractivity contribution in [2.24, 2.45) is 5.73 Å². The van der Waals surface area contributed by atoms with Crippen molar-refractivity contribution < 1.29 is 0 Å². The molecule has 0 saturated heterocycles. The Kier molecular flexibility index (Phi) is 4.54. The Labute approximate surface area is 79.7 Å². The van der Waals surface area contributed by atoms with Crippen molar-refractivity contribution in [1.82, 2.24) is 10.2 Å². The molecule has 1 atom stereocenters. The van der Waals surface area contributed by atoms with E-state index in [4.69, 9.17) is 5.73 Å². The summed E-state index contributed by atoms with van der Waals surface area (Å²) in [7, 11) is 0. The second-order valence-corrected chi connectivity index (χ2v) is 3.47. The van der Waals surface area contributed by atoms with Gasteiger partial charge in [0, 0.05) is 12.2 Å². The second-order valence-electron chi connectivity index (χ2n) is 3.47. The monoisotopic (exact) mass is 181 g/mol. The summed E-state index contributed by atoms with van der Waals surface area (Å²) in [5.41, 5.74) is 7.00. The lowest BCUT2D eigenvalue weighted by Gasteiger charge is -2.08. The molecule has 3 nitrogen and oxygen atoms in total. The van der Waals surface area contributed by atoms with E-state index in [1.807, 2.05) is 6.07 Å². The molecule has 0 aromatic carbocycles. The van der Waals surface area contributed by atoms with Crippen molar-refractivity contribution in [3.8, 4) is 0 Å². The molecular weight excluding hydrogens is 162 g/mol. The van der Waals surface area contributed by atoms with Crippen LogP contribution >= 0.6 is 0 Å². The smallest absolute Gasteiger partial charge is 0.0519 e. The molecule has 0 bridgehead atoms. The fourth-order valence-corrected chi connectivity index (χ4v) is 1.42. The van der Waals surface area contributed by atoms with Gasteiger partial charge in [0.05, 0.1) is 5.69 Å². The predicted octanol–water partition coefficient (Wildman–Crippen LogP) is 2.38. The quantitative estimate of drug-likeness (QED) is 0.662. The van der Waals surface area contributed by atoms with Crippen LogP contribution in [-0.2, 0) is 0 Å². The van der Waals surface area contributed by atoms with Crippen LogP contribution in [0.1, 0.15) is 50.8 Å². The molecule has 0 radical (unpaired) electrons. The summed E-state index contributed by atoms with van der Waals surface area (Å²) in [6.07, 6.45) is 7.91. The first kappa shape index (κ1) is 10.3.